The third kappa shape index (κ3) is 2.50. The van der Waals surface area contributed by atoms with Crippen molar-refractivity contribution in [3.05, 3.63) is 52.7 Å². The molecule has 8 heteroatoms. The van der Waals surface area contributed by atoms with Crippen molar-refractivity contribution < 1.29 is 9.90 Å². The first-order valence-electron chi connectivity index (χ1n) is 6.23. The summed E-state index contributed by atoms with van der Waals surface area (Å²) in [7, 11) is 0. The number of fused-ring (bicyclic) bond motifs is 1. The highest BCUT2D eigenvalue weighted by atomic mass is 16.4. The van der Waals surface area contributed by atoms with Gasteiger partial charge in [-0.25, -0.2) is 14.5 Å². The Bertz CT molecular complexity index is 867. The maximum atomic E-state index is 11.9. The number of aromatic nitrogens is 5. The number of carbonyl (C=O) groups is 1. The number of aromatic carboxylic acids is 1. The monoisotopic (exact) mass is 285 g/mol. The van der Waals surface area contributed by atoms with Crippen LogP contribution in [0.4, 0.5) is 0 Å². The second-order valence-electron chi connectivity index (χ2n) is 4.41. The van der Waals surface area contributed by atoms with Crippen molar-refractivity contribution in [1.29, 1.82) is 0 Å². The van der Waals surface area contributed by atoms with E-state index in [1.165, 1.54) is 17.1 Å². The van der Waals surface area contributed by atoms with Crippen LogP contribution < -0.4 is 5.56 Å². The van der Waals surface area contributed by atoms with Gasteiger partial charge in [0, 0.05) is 6.54 Å². The minimum atomic E-state index is -1.13. The molecule has 2 heterocycles. The van der Waals surface area contributed by atoms with Gasteiger partial charge >= 0.3 is 5.97 Å². The molecule has 0 bridgehead atoms. The molecule has 21 heavy (non-hydrogen) atoms. The van der Waals surface area contributed by atoms with Gasteiger partial charge in [-0.3, -0.25) is 4.79 Å². The van der Waals surface area contributed by atoms with E-state index in [-0.39, 0.29) is 11.3 Å². The molecule has 0 aliphatic heterocycles. The Morgan fingerprint density at radius 3 is 2.81 bits per heavy atom. The summed E-state index contributed by atoms with van der Waals surface area (Å²) >= 11 is 0. The van der Waals surface area contributed by atoms with Gasteiger partial charge in [-0.05, 0) is 12.1 Å². The zero-order chi connectivity index (χ0) is 14.8. The van der Waals surface area contributed by atoms with Gasteiger partial charge in [-0.1, -0.05) is 17.3 Å². The molecule has 0 unspecified atom stereocenters. The van der Waals surface area contributed by atoms with Crippen LogP contribution >= 0.6 is 0 Å². The molecule has 0 spiro atoms. The van der Waals surface area contributed by atoms with E-state index in [1.807, 2.05) is 24.3 Å². The highest BCUT2D eigenvalue weighted by Gasteiger charge is 2.09. The second kappa shape index (κ2) is 5.16. The molecule has 1 aromatic carbocycles. The van der Waals surface area contributed by atoms with Crippen LogP contribution in [0.25, 0.3) is 11.0 Å². The van der Waals surface area contributed by atoms with Crippen molar-refractivity contribution in [3.8, 4) is 0 Å². The Hall–Kier alpha value is -3.03. The van der Waals surface area contributed by atoms with Gasteiger partial charge < -0.3 is 9.67 Å². The van der Waals surface area contributed by atoms with Crippen molar-refractivity contribution in [1.82, 2.24) is 24.5 Å². The summed E-state index contributed by atoms with van der Waals surface area (Å²) in [6.07, 6.45) is 2.60. The molecule has 3 aromatic rings. The van der Waals surface area contributed by atoms with E-state index < -0.39 is 5.97 Å². The van der Waals surface area contributed by atoms with Gasteiger partial charge in [0.25, 0.3) is 5.56 Å². The van der Waals surface area contributed by atoms with Gasteiger partial charge in [0.15, 0.2) is 5.69 Å². The zero-order valence-corrected chi connectivity index (χ0v) is 10.9. The van der Waals surface area contributed by atoms with Crippen LogP contribution in [-0.4, -0.2) is 35.6 Å². The smallest absolute Gasteiger partial charge is 0.358 e. The maximum Gasteiger partial charge on any atom is 0.358 e. The van der Waals surface area contributed by atoms with Crippen LogP contribution in [0.15, 0.2) is 41.5 Å². The van der Waals surface area contributed by atoms with Gasteiger partial charge in [0.05, 0.1) is 30.0 Å². The third-order valence-electron chi connectivity index (χ3n) is 3.06. The van der Waals surface area contributed by atoms with Crippen molar-refractivity contribution >= 4 is 17.0 Å². The average molecular weight is 285 g/mol. The number of para-hydroxylation sites is 2. The van der Waals surface area contributed by atoms with Gasteiger partial charge in [0.1, 0.15) is 0 Å². The molecule has 0 fully saturated rings. The fraction of sp³-hybridized carbons (Fsp3) is 0.154. The number of hydrogen-bond donors (Lipinski definition) is 1. The number of carboxylic acid groups (broad SMARTS) is 1. The molecule has 0 amide bonds. The Morgan fingerprint density at radius 2 is 2.05 bits per heavy atom. The fourth-order valence-electron chi connectivity index (χ4n) is 2.05. The maximum absolute atomic E-state index is 11.9. The van der Waals surface area contributed by atoms with Crippen LogP contribution in [0, 0.1) is 0 Å². The lowest BCUT2D eigenvalue weighted by Gasteiger charge is -2.08. The number of benzene rings is 1. The highest BCUT2D eigenvalue weighted by molar-refractivity contribution is 5.84. The van der Waals surface area contributed by atoms with Crippen molar-refractivity contribution in [2.75, 3.05) is 0 Å². The molecule has 0 aliphatic rings. The largest absolute Gasteiger partial charge is 0.476 e. The van der Waals surface area contributed by atoms with E-state index >= 15 is 0 Å². The first-order valence-corrected chi connectivity index (χ1v) is 6.23. The molecule has 8 nitrogen and oxygen atoms in total. The summed E-state index contributed by atoms with van der Waals surface area (Å²) in [5.74, 6) is -1.13. The zero-order valence-electron chi connectivity index (χ0n) is 10.9. The average Bonchev–Trinajstić information content (AvgIpc) is 2.95. The van der Waals surface area contributed by atoms with Crippen LogP contribution in [0.5, 0.6) is 0 Å². The van der Waals surface area contributed by atoms with E-state index in [9.17, 15) is 9.59 Å². The summed E-state index contributed by atoms with van der Waals surface area (Å²) in [6.45, 7) is 0.693. The predicted octanol–water partition coefficient (Wildman–Crippen LogP) is 0.386. The summed E-state index contributed by atoms with van der Waals surface area (Å²) in [5.41, 5.74) is 1.11. The topological polar surface area (TPSA) is 103 Å². The van der Waals surface area contributed by atoms with Gasteiger partial charge in [-0.2, -0.15) is 0 Å². The van der Waals surface area contributed by atoms with E-state index in [1.54, 1.807) is 4.57 Å². The molecular formula is C13H11N5O3. The normalized spacial score (nSPS) is 10.9. The summed E-state index contributed by atoms with van der Waals surface area (Å²) < 4.78 is 2.97. The van der Waals surface area contributed by atoms with E-state index in [4.69, 9.17) is 5.11 Å². The Labute approximate surface area is 118 Å². The Morgan fingerprint density at radius 1 is 1.24 bits per heavy atom. The molecule has 0 saturated carbocycles. The SMILES string of the molecule is O=C(O)c1cn(CCn2c(=O)cnc3ccccc32)nn1. The van der Waals surface area contributed by atoms with Crippen LogP contribution in [-0.2, 0) is 13.1 Å². The first-order chi connectivity index (χ1) is 10.1. The standard InChI is InChI=1S/C13H11N5O3/c19-12-7-14-9-3-1-2-4-11(9)18(12)6-5-17-8-10(13(20)21)15-16-17/h1-4,7-8H,5-6H2,(H,20,21). The van der Waals surface area contributed by atoms with E-state index in [2.05, 4.69) is 15.3 Å². The Balaban J connectivity index is 1.89. The van der Waals surface area contributed by atoms with Crippen molar-refractivity contribution in [2.24, 2.45) is 0 Å². The molecule has 1 N–H and O–H groups in total. The lowest BCUT2D eigenvalue weighted by Crippen LogP contribution is -2.23. The summed E-state index contributed by atoms with van der Waals surface area (Å²) in [6, 6.07) is 7.32. The highest BCUT2D eigenvalue weighted by Crippen LogP contribution is 2.08. The minimum Gasteiger partial charge on any atom is -0.476 e. The predicted molar refractivity (Wildman–Crippen MR) is 73.0 cm³/mol. The quantitative estimate of drug-likeness (QED) is 0.743. The fourth-order valence-corrected chi connectivity index (χ4v) is 2.05. The lowest BCUT2D eigenvalue weighted by atomic mass is 10.3. The van der Waals surface area contributed by atoms with E-state index in [0.29, 0.717) is 13.1 Å². The van der Waals surface area contributed by atoms with E-state index in [0.717, 1.165) is 11.0 Å². The van der Waals surface area contributed by atoms with Crippen LogP contribution in [0.3, 0.4) is 0 Å². The molecule has 2 aromatic heterocycles. The molecule has 0 saturated heterocycles. The first kappa shape index (κ1) is 13.0. The van der Waals surface area contributed by atoms with Gasteiger partial charge in [-0.15, -0.1) is 5.10 Å². The molecule has 3 rings (SSSR count). The third-order valence-corrected chi connectivity index (χ3v) is 3.06. The molecule has 0 aliphatic carbocycles. The number of nitrogens with zero attached hydrogens (tertiary/aromatic N) is 5. The minimum absolute atomic E-state index is 0.123. The van der Waals surface area contributed by atoms with Crippen molar-refractivity contribution in [3.63, 3.8) is 0 Å². The molecule has 106 valence electrons. The number of hydrogen-bond acceptors (Lipinski definition) is 5. The lowest BCUT2D eigenvalue weighted by molar-refractivity contribution is 0.0690. The van der Waals surface area contributed by atoms with Crippen molar-refractivity contribution in [2.45, 2.75) is 13.1 Å². The summed E-state index contributed by atoms with van der Waals surface area (Å²) in [5, 5.41) is 16.0. The number of aryl methyl sites for hydroxylation is 2. The van der Waals surface area contributed by atoms with Crippen LogP contribution in [0.2, 0.25) is 0 Å². The molecular weight excluding hydrogens is 274 g/mol. The Kier molecular flexibility index (Phi) is 3.19. The molecule has 0 atom stereocenters. The van der Waals surface area contributed by atoms with Gasteiger partial charge in [0.2, 0.25) is 0 Å². The number of carboxylic acids is 1. The van der Waals surface area contributed by atoms with Crippen LogP contribution in [0.1, 0.15) is 10.5 Å². The number of rotatable bonds is 4. The molecule has 0 radical (unpaired) electrons. The second-order valence-corrected chi connectivity index (χ2v) is 4.41. The summed E-state index contributed by atoms with van der Waals surface area (Å²) in [4.78, 5) is 26.7.